The highest BCUT2D eigenvalue weighted by Gasteiger charge is 2.35. The van der Waals surface area contributed by atoms with Crippen LogP contribution >= 0.6 is 11.8 Å². The van der Waals surface area contributed by atoms with Gasteiger partial charge < -0.3 is 0 Å². The van der Waals surface area contributed by atoms with Crippen LogP contribution in [0.3, 0.4) is 0 Å². The average molecular weight is 185 g/mol. The summed E-state index contributed by atoms with van der Waals surface area (Å²) in [5.41, 5.74) is 1.41. The largest absolute Gasteiger partial charge is 0.276 e. The van der Waals surface area contributed by atoms with E-state index in [1.54, 1.807) is 0 Å². The molecule has 0 spiro atoms. The Morgan fingerprint density at radius 3 is 2.17 bits per heavy atom. The molecule has 1 rings (SSSR count). The Labute approximate surface area is 80.0 Å². The van der Waals surface area contributed by atoms with E-state index in [-0.39, 0.29) is 4.87 Å². The fraction of sp³-hybridized carbons (Fsp3) is 0.900. The molecule has 1 aliphatic heterocycles. The van der Waals surface area contributed by atoms with Crippen molar-refractivity contribution in [3.05, 3.63) is 0 Å². The lowest BCUT2D eigenvalue weighted by molar-refractivity contribution is 0.580. The molecular formula is C10H19NS. The quantitative estimate of drug-likeness (QED) is 0.655. The van der Waals surface area contributed by atoms with Crippen molar-refractivity contribution in [2.75, 3.05) is 0 Å². The Kier molecular flexibility index (Phi) is 3.22. The third kappa shape index (κ3) is 1.68. The highest BCUT2D eigenvalue weighted by Crippen LogP contribution is 2.43. The van der Waals surface area contributed by atoms with Gasteiger partial charge in [-0.15, -0.1) is 11.8 Å². The van der Waals surface area contributed by atoms with Gasteiger partial charge in [0.25, 0.3) is 0 Å². The summed E-state index contributed by atoms with van der Waals surface area (Å²) in [4.78, 5) is 5.06. The van der Waals surface area contributed by atoms with Gasteiger partial charge in [-0.05, 0) is 26.2 Å². The number of hydrogen-bond donors (Lipinski definition) is 0. The molecule has 0 aromatic carbocycles. The maximum Gasteiger partial charge on any atom is 0.106 e. The molecule has 0 aromatic heterocycles. The van der Waals surface area contributed by atoms with E-state index < -0.39 is 0 Å². The van der Waals surface area contributed by atoms with E-state index in [1.807, 2.05) is 11.8 Å². The lowest BCUT2D eigenvalue weighted by Gasteiger charge is -2.21. The van der Waals surface area contributed by atoms with Gasteiger partial charge in [0.15, 0.2) is 0 Å². The normalized spacial score (nSPS) is 27.3. The summed E-state index contributed by atoms with van der Waals surface area (Å²) in [5.74, 6) is 0. The zero-order valence-electron chi connectivity index (χ0n) is 8.55. The van der Waals surface area contributed by atoms with Crippen LogP contribution in [0, 0.1) is 0 Å². The maximum atomic E-state index is 4.84. The summed E-state index contributed by atoms with van der Waals surface area (Å²) in [7, 11) is 0. The van der Waals surface area contributed by atoms with Gasteiger partial charge in [-0.25, -0.2) is 0 Å². The summed E-state index contributed by atoms with van der Waals surface area (Å²) in [6.45, 7) is 8.97. The first-order valence-electron chi connectivity index (χ1n) is 4.94. The van der Waals surface area contributed by atoms with Crippen molar-refractivity contribution in [1.29, 1.82) is 0 Å². The fourth-order valence-corrected chi connectivity index (χ4v) is 3.23. The van der Waals surface area contributed by atoms with Crippen LogP contribution in [0.25, 0.3) is 0 Å². The van der Waals surface area contributed by atoms with E-state index in [0.29, 0.717) is 5.25 Å². The number of thioether (sulfide) groups is 1. The number of aliphatic imine (C=N–C) groups is 1. The van der Waals surface area contributed by atoms with Crippen molar-refractivity contribution in [3.63, 3.8) is 0 Å². The van der Waals surface area contributed by atoms with Gasteiger partial charge in [-0.2, -0.15) is 0 Å². The van der Waals surface area contributed by atoms with Crippen molar-refractivity contribution < 1.29 is 0 Å². The summed E-state index contributed by atoms with van der Waals surface area (Å²) in [5, 5.41) is 0.648. The van der Waals surface area contributed by atoms with E-state index in [4.69, 9.17) is 4.99 Å². The summed E-state index contributed by atoms with van der Waals surface area (Å²) in [6.07, 6.45) is 3.46. The first kappa shape index (κ1) is 10.1. The van der Waals surface area contributed by atoms with Crippen LogP contribution in [0.1, 0.15) is 47.0 Å². The molecule has 2 heteroatoms. The van der Waals surface area contributed by atoms with Crippen LogP contribution in [0.5, 0.6) is 0 Å². The van der Waals surface area contributed by atoms with Crippen LogP contribution in [0.2, 0.25) is 0 Å². The Morgan fingerprint density at radius 2 is 1.92 bits per heavy atom. The molecule has 1 nitrogen and oxygen atoms in total. The van der Waals surface area contributed by atoms with Gasteiger partial charge in [0.2, 0.25) is 0 Å². The second-order valence-electron chi connectivity index (χ2n) is 3.37. The average Bonchev–Trinajstić information content (AvgIpc) is 2.43. The lowest BCUT2D eigenvalue weighted by Crippen LogP contribution is -2.16. The Balaban J connectivity index is 2.78. The highest BCUT2D eigenvalue weighted by molar-refractivity contribution is 8.02. The Hall–Kier alpha value is 0.0200. The Morgan fingerprint density at radius 1 is 1.33 bits per heavy atom. The van der Waals surface area contributed by atoms with Crippen molar-refractivity contribution in [2.45, 2.75) is 57.1 Å². The van der Waals surface area contributed by atoms with Crippen LogP contribution < -0.4 is 0 Å². The minimum absolute atomic E-state index is 0.227. The fourth-order valence-electron chi connectivity index (χ4n) is 1.72. The molecule has 0 aromatic rings. The van der Waals surface area contributed by atoms with Crippen LogP contribution in [0.15, 0.2) is 4.99 Å². The molecule has 0 saturated heterocycles. The molecular weight excluding hydrogens is 166 g/mol. The maximum absolute atomic E-state index is 4.84. The molecule has 70 valence electrons. The first-order chi connectivity index (χ1) is 5.67. The summed E-state index contributed by atoms with van der Waals surface area (Å²) in [6, 6.07) is 0. The van der Waals surface area contributed by atoms with Crippen LogP contribution in [0.4, 0.5) is 0 Å². The van der Waals surface area contributed by atoms with E-state index >= 15 is 0 Å². The molecule has 0 N–H and O–H groups in total. The topological polar surface area (TPSA) is 12.4 Å². The van der Waals surface area contributed by atoms with Crippen LogP contribution in [-0.4, -0.2) is 15.8 Å². The standard InChI is InChI=1S/C10H19NS/c1-5-9-8(4)12-10(6-2,7-3)11-9/h8H,5-7H2,1-4H3/t8-/m0/s1. The van der Waals surface area contributed by atoms with E-state index in [2.05, 4.69) is 27.7 Å². The molecule has 0 radical (unpaired) electrons. The Bertz CT molecular complexity index is 182. The first-order valence-corrected chi connectivity index (χ1v) is 5.81. The van der Waals surface area contributed by atoms with Gasteiger partial charge in [-0.3, -0.25) is 4.99 Å². The summed E-state index contributed by atoms with van der Waals surface area (Å²) >= 11 is 2.04. The third-order valence-corrected chi connectivity index (χ3v) is 4.41. The highest BCUT2D eigenvalue weighted by atomic mass is 32.2. The third-order valence-electron chi connectivity index (χ3n) is 2.68. The monoisotopic (exact) mass is 185 g/mol. The van der Waals surface area contributed by atoms with Gasteiger partial charge in [0.1, 0.15) is 4.87 Å². The van der Waals surface area contributed by atoms with Gasteiger partial charge in [0, 0.05) is 11.0 Å². The molecule has 1 aliphatic rings. The van der Waals surface area contributed by atoms with Crippen LogP contribution in [-0.2, 0) is 0 Å². The molecule has 12 heavy (non-hydrogen) atoms. The smallest absolute Gasteiger partial charge is 0.106 e. The SMILES string of the molecule is CCC1=NC(CC)(CC)S[C@H]1C. The second-order valence-corrected chi connectivity index (χ2v) is 5.07. The molecule has 0 amide bonds. The van der Waals surface area contributed by atoms with Crippen molar-refractivity contribution >= 4 is 17.5 Å². The minimum atomic E-state index is 0.227. The number of nitrogens with zero attached hydrogens (tertiary/aromatic N) is 1. The van der Waals surface area contributed by atoms with Crippen molar-refractivity contribution in [2.24, 2.45) is 4.99 Å². The lowest BCUT2D eigenvalue weighted by atomic mass is 10.1. The van der Waals surface area contributed by atoms with E-state index in [9.17, 15) is 0 Å². The van der Waals surface area contributed by atoms with Gasteiger partial charge in [-0.1, -0.05) is 20.8 Å². The second kappa shape index (κ2) is 3.82. The number of hydrogen-bond acceptors (Lipinski definition) is 2. The van der Waals surface area contributed by atoms with Gasteiger partial charge >= 0.3 is 0 Å². The minimum Gasteiger partial charge on any atom is -0.276 e. The van der Waals surface area contributed by atoms with Crippen molar-refractivity contribution in [1.82, 2.24) is 0 Å². The molecule has 1 heterocycles. The molecule has 0 fully saturated rings. The zero-order valence-corrected chi connectivity index (χ0v) is 9.37. The zero-order chi connectivity index (χ0) is 9.19. The van der Waals surface area contributed by atoms with Gasteiger partial charge in [0.05, 0.1) is 0 Å². The number of rotatable bonds is 3. The predicted octanol–water partition coefficient (Wildman–Crippen LogP) is 3.49. The predicted molar refractivity (Wildman–Crippen MR) is 58.1 cm³/mol. The van der Waals surface area contributed by atoms with Crippen molar-refractivity contribution in [3.8, 4) is 0 Å². The van der Waals surface area contributed by atoms with E-state index in [1.165, 1.54) is 18.6 Å². The summed E-state index contributed by atoms with van der Waals surface area (Å²) < 4.78 is 0. The molecule has 1 atom stereocenters. The molecule has 0 aliphatic carbocycles. The molecule has 0 unspecified atom stereocenters. The molecule has 0 bridgehead atoms. The van der Waals surface area contributed by atoms with E-state index in [0.717, 1.165) is 6.42 Å². The molecule has 0 saturated carbocycles.